The number of hydrogen-bond acceptors (Lipinski definition) is 5. The Labute approximate surface area is 198 Å². The first-order valence-corrected chi connectivity index (χ1v) is 12.4. The summed E-state index contributed by atoms with van der Waals surface area (Å²) in [5, 5.41) is 3.47. The monoisotopic (exact) mass is 466 g/mol. The zero-order valence-electron chi connectivity index (χ0n) is 19.9. The van der Waals surface area contributed by atoms with Gasteiger partial charge in [-0.25, -0.2) is 28.7 Å². The lowest BCUT2D eigenvalue weighted by Crippen LogP contribution is -2.21. The average Bonchev–Trinajstić information content (AvgIpc) is 2.99. The van der Waals surface area contributed by atoms with Crippen molar-refractivity contribution >= 4 is 22.7 Å². The fourth-order valence-electron chi connectivity index (χ4n) is 5.18. The highest BCUT2D eigenvalue weighted by molar-refractivity contribution is 5.83. The van der Waals surface area contributed by atoms with Crippen molar-refractivity contribution in [2.75, 3.05) is 11.9 Å². The van der Waals surface area contributed by atoms with Crippen molar-refractivity contribution in [3.8, 4) is 0 Å². The van der Waals surface area contributed by atoms with Crippen molar-refractivity contribution in [3.05, 3.63) is 47.2 Å². The van der Waals surface area contributed by atoms with Crippen molar-refractivity contribution in [2.24, 2.45) is 11.8 Å². The number of allylic oxidation sites excluding steroid dienone is 1. The predicted octanol–water partition coefficient (Wildman–Crippen LogP) is 5.80. The number of pyridine rings is 1. The number of anilines is 1. The molecule has 3 aromatic rings. The second kappa shape index (κ2) is 9.76. The molecule has 1 fully saturated rings. The summed E-state index contributed by atoms with van der Waals surface area (Å²) in [7, 11) is 0. The molecular weight excluding hydrogens is 434 g/mol. The third kappa shape index (κ3) is 4.81. The summed E-state index contributed by atoms with van der Waals surface area (Å²) in [5.41, 5.74) is 4.80. The minimum Gasteiger partial charge on any atom is -0.354 e. The summed E-state index contributed by atoms with van der Waals surface area (Å²) in [6.45, 7) is 4.58. The number of aryl methyl sites for hydroxylation is 2. The van der Waals surface area contributed by atoms with E-state index in [0.717, 1.165) is 54.2 Å². The zero-order chi connectivity index (χ0) is 23.7. The van der Waals surface area contributed by atoms with Crippen LogP contribution in [0.25, 0.3) is 16.7 Å². The van der Waals surface area contributed by atoms with E-state index in [-0.39, 0.29) is 0 Å². The topological polar surface area (TPSA) is 68.5 Å². The van der Waals surface area contributed by atoms with Crippen LogP contribution in [0, 0.1) is 18.8 Å². The lowest BCUT2D eigenvalue weighted by atomic mass is 9.83. The number of halogens is 2. The van der Waals surface area contributed by atoms with Crippen LogP contribution in [0.4, 0.5) is 14.7 Å². The van der Waals surface area contributed by atoms with Crippen LogP contribution in [0.1, 0.15) is 68.2 Å². The normalized spacial score (nSPS) is 20.8. The first-order valence-electron chi connectivity index (χ1n) is 12.4. The van der Waals surface area contributed by atoms with Gasteiger partial charge in [-0.1, -0.05) is 25.8 Å². The molecule has 2 aliphatic carbocycles. The van der Waals surface area contributed by atoms with Gasteiger partial charge in [-0.15, -0.1) is 0 Å². The van der Waals surface area contributed by atoms with E-state index in [0.29, 0.717) is 28.9 Å². The summed E-state index contributed by atoms with van der Waals surface area (Å²) in [6.07, 6.45) is 9.51. The number of nitrogens with one attached hydrogen (secondary N) is 1. The second-order valence-corrected chi connectivity index (χ2v) is 9.77. The number of aromatic nitrogens is 5. The lowest BCUT2D eigenvalue weighted by molar-refractivity contribution is 0.127. The van der Waals surface area contributed by atoms with Crippen LogP contribution in [0.5, 0.6) is 0 Å². The molecule has 2 aliphatic rings. The van der Waals surface area contributed by atoms with Gasteiger partial charge < -0.3 is 9.88 Å². The predicted molar refractivity (Wildman–Crippen MR) is 130 cm³/mol. The van der Waals surface area contributed by atoms with Gasteiger partial charge in [0, 0.05) is 23.9 Å². The Balaban J connectivity index is 1.40. The largest absolute Gasteiger partial charge is 0.354 e. The van der Waals surface area contributed by atoms with Gasteiger partial charge >= 0.3 is 0 Å². The van der Waals surface area contributed by atoms with Crippen LogP contribution in [-0.4, -0.2) is 37.5 Å². The molecule has 0 unspecified atom stereocenters. The quantitative estimate of drug-likeness (QED) is 0.497. The number of hydrogen-bond donors (Lipinski definition) is 1. The number of imidazole rings is 1. The van der Waals surface area contributed by atoms with Crippen LogP contribution in [0.15, 0.2) is 24.4 Å². The highest BCUT2D eigenvalue weighted by Gasteiger charge is 2.21. The average molecular weight is 467 g/mol. The van der Waals surface area contributed by atoms with Crippen LogP contribution >= 0.6 is 0 Å². The Kier molecular flexibility index (Phi) is 6.57. The standard InChI is InChI=1S/C26H32F2N6/c1-16-7-9-18(10-8-16)13-29-26-30-14-20-19(5-3-4-6-21(20)33-26)22-11-12-23-25(32-22)34(15-24(27)28)17(2)31-23/h5,11-12,14,16,18,24H,3-4,6-10,13,15H2,1-2H3,(H,29,30,33). The van der Waals surface area contributed by atoms with Crippen LogP contribution in [0.2, 0.25) is 0 Å². The number of nitrogens with zero attached hydrogens (tertiary/aromatic N) is 5. The van der Waals surface area contributed by atoms with Gasteiger partial charge in [-0.2, -0.15) is 0 Å². The highest BCUT2D eigenvalue weighted by Crippen LogP contribution is 2.31. The van der Waals surface area contributed by atoms with Crippen molar-refractivity contribution in [1.29, 1.82) is 0 Å². The molecule has 8 heteroatoms. The second-order valence-electron chi connectivity index (χ2n) is 9.77. The fraction of sp³-hybridized carbons (Fsp3) is 0.538. The van der Waals surface area contributed by atoms with Gasteiger partial charge in [0.15, 0.2) is 5.65 Å². The Morgan fingerprint density at radius 3 is 2.74 bits per heavy atom. The Morgan fingerprint density at radius 1 is 1.12 bits per heavy atom. The van der Waals surface area contributed by atoms with Gasteiger partial charge in [0.05, 0.1) is 17.9 Å². The van der Waals surface area contributed by atoms with Crippen molar-refractivity contribution in [3.63, 3.8) is 0 Å². The molecule has 0 saturated heterocycles. The van der Waals surface area contributed by atoms with Gasteiger partial charge in [-0.3, -0.25) is 0 Å². The molecule has 0 atom stereocenters. The Morgan fingerprint density at radius 2 is 1.94 bits per heavy atom. The maximum absolute atomic E-state index is 13.1. The first kappa shape index (κ1) is 22.9. The molecule has 0 aliphatic heterocycles. The molecule has 0 spiro atoms. The zero-order valence-corrected chi connectivity index (χ0v) is 19.9. The fourth-order valence-corrected chi connectivity index (χ4v) is 5.18. The van der Waals surface area contributed by atoms with E-state index >= 15 is 0 Å². The number of alkyl halides is 2. The third-order valence-electron chi connectivity index (χ3n) is 7.19. The SMILES string of the molecule is Cc1nc2ccc(C3=CCCCc4nc(NCC5CCC(C)CC5)ncc43)nc2n1CC(F)F. The molecule has 5 rings (SSSR count). The molecule has 0 amide bonds. The third-order valence-corrected chi connectivity index (χ3v) is 7.19. The molecule has 1 N–H and O–H groups in total. The molecule has 0 bridgehead atoms. The lowest BCUT2D eigenvalue weighted by Gasteiger charge is -2.26. The highest BCUT2D eigenvalue weighted by atomic mass is 19.3. The van der Waals surface area contributed by atoms with Crippen molar-refractivity contribution in [1.82, 2.24) is 24.5 Å². The molecule has 0 aromatic carbocycles. The molecule has 1 saturated carbocycles. The first-order chi connectivity index (χ1) is 16.5. The maximum atomic E-state index is 13.1. The van der Waals surface area contributed by atoms with Gasteiger partial charge in [0.1, 0.15) is 11.3 Å². The van der Waals surface area contributed by atoms with E-state index in [1.54, 1.807) is 6.92 Å². The Bertz CT molecular complexity index is 1190. The summed E-state index contributed by atoms with van der Waals surface area (Å²) in [4.78, 5) is 18.7. The van der Waals surface area contributed by atoms with Crippen LogP contribution < -0.4 is 5.32 Å². The van der Waals surface area contributed by atoms with Crippen LogP contribution in [0.3, 0.4) is 0 Å². The van der Waals surface area contributed by atoms with E-state index in [1.807, 2.05) is 18.3 Å². The minimum atomic E-state index is -2.46. The maximum Gasteiger partial charge on any atom is 0.256 e. The smallest absolute Gasteiger partial charge is 0.256 e. The van der Waals surface area contributed by atoms with Gasteiger partial charge in [-0.05, 0) is 63.0 Å². The molecule has 6 nitrogen and oxygen atoms in total. The molecule has 3 aromatic heterocycles. The van der Waals surface area contributed by atoms with Crippen molar-refractivity contribution < 1.29 is 8.78 Å². The van der Waals surface area contributed by atoms with Crippen LogP contribution in [-0.2, 0) is 13.0 Å². The molecular formula is C26H32F2N6. The van der Waals surface area contributed by atoms with Crippen molar-refractivity contribution in [2.45, 2.75) is 71.8 Å². The van der Waals surface area contributed by atoms with E-state index in [2.05, 4.69) is 28.3 Å². The minimum absolute atomic E-state index is 0.410. The van der Waals surface area contributed by atoms with E-state index < -0.39 is 13.0 Å². The summed E-state index contributed by atoms with van der Waals surface area (Å²) < 4.78 is 27.8. The Hall–Kier alpha value is -2.90. The summed E-state index contributed by atoms with van der Waals surface area (Å²) >= 11 is 0. The summed E-state index contributed by atoms with van der Waals surface area (Å²) in [6, 6.07) is 3.78. The van der Waals surface area contributed by atoms with E-state index in [4.69, 9.17) is 9.97 Å². The van der Waals surface area contributed by atoms with E-state index in [1.165, 1.54) is 30.3 Å². The number of rotatable bonds is 6. The molecule has 34 heavy (non-hydrogen) atoms. The molecule has 3 heterocycles. The molecule has 180 valence electrons. The summed E-state index contributed by atoms with van der Waals surface area (Å²) in [5.74, 6) is 2.76. The molecule has 0 radical (unpaired) electrons. The van der Waals surface area contributed by atoms with Gasteiger partial charge in [0.2, 0.25) is 5.95 Å². The van der Waals surface area contributed by atoms with E-state index in [9.17, 15) is 8.78 Å². The number of fused-ring (bicyclic) bond motifs is 2. The van der Waals surface area contributed by atoms with Gasteiger partial charge in [0.25, 0.3) is 6.43 Å².